The van der Waals surface area contributed by atoms with Crippen LogP contribution in [-0.4, -0.2) is 36.1 Å². The summed E-state index contributed by atoms with van der Waals surface area (Å²) < 4.78 is 41.3. The molecule has 1 saturated heterocycles. The zero-order valence-electron chi connectivity index (χ0n) is 10.6. The summed E-state index contributed by atoms with van der Waals surface area (Å²) in [5, 5.41) is 14.5. The number of benzene rings is 1. The number of anilines is 1. The Balaban J connectivity index is 2.13. The summed E-state index contributed by atoms with van der Waals surface area (Å²) in [6.45, 7) is 0.268. The molecule has 9 heteroatoms. The Morgan fingerprint density at radius 2 is 2.19 bits per heavy atom. The van der Waals surface area contributed by atoms with Crippen molar-refractivity contribution in [1.29, 1.82) is 0 Å². The number of carbonyl (C=O) groups excluding carboxylic acids is 1. The SMILES string of the molecule is O=C(Nc1ccc(Br)cc1OC(F)(F)F)C1CC(O)CN1. The zero-order valence-corrected chi connectivity index (χ0v) is 12.2. The highest BCUT2D eigenvalue weighted by Crippen LogP contribution is 2.33. The molecule has 0 spiro atoms. The van der Waals surface area contributed by atoms with Crippen LogP contribution in [0.5, 0.6) is 5.75 Å². The summed E-state index contributed by atoms with van der Waals surface area (Å²) in [7, 11) is 0. The van der Waals surface area contributed by atoms with Gasteiger partial charge in [-0.2, -0.15) is 0 Å². The van der Waals surface area contributed by atoms with Gasteiger partial charge in [-0.15, -0.1) is 13.2 Å². The Morgan fingerprint density at radius 1 is 1.48 bits per heavy atom. The van der Waals surface area contributed by atoms with E-state index in [1.807, 2.05) is 0 Å². The van der Waals surface area contributed by atoms with Crippen molar-refractivity contribution in [2.24, 2.45) is 0 Å². The largest absolute Gasteiger partial charge is 0.573 e. The molecule has 2 unspecified atom stereocenters. The third-order valence-corrected chi connectivity index (χ3v) is 3.34. The number of aliphatic hydroxyl groups excluding tert-OH is 1. The highest BCUT2D eigenvalue weighted by Gasteiger charge is 2.33. The number of β-amino-alcohol motifs (C(OH)–C–C–N with tert-alkyl or cyclic N) is 1. The lowest BCUT2D eigenvalue weighted by Crippen LogP contribution is -2.35. The van der Waals surface area contributed by atoms with Crippen molar-refractivity contribution in [2.45, 2.75) is 24.9 Å². The summed E-state index contributed by atoms with van der Waals surface area (Å²) in [6, 6.07) is 3.24. The number of ether oxygens (including phenoxy) is 1. The number of amides is 1. The molecule has 116 valence electrons. The third kappa shape index (κ3) is 4.58. The fourth-order valence-corrected chi connectivity index (χ4v) is 2.29. The number of hydrogen-bond donors (Lipinski definition) is 3. The van der Waals surface area contributed by atoms with E-state index in [1.54, 1.807) is 0 Å². The van der Waals surface area contributed by atoms with Crippen LogP contribution in [-0.2, 0) is 4.79 Å². The summed E-state index contributed by atoms with van der Waals surface area (Å²) in [5.74, 6) is -1.04. The molecule has 2 rings (SSSR count). The first-order chi connectivity index (χ1) is 9.74. The topological polar surface area (TPSA) is 70.6 Å². The standard InChI is InChI=1S/C12H12BrF3N2O3/c13-6-1-2-8(10(3-6)21-12(14,15)16)18-11(20)9-4-7(19)5-17-9/h1-3,7,9,17,19H,4-5H2,(H,18,20). The van der Waals surface area contributed by atoms with Crippen molar-refractivity contribution in [3.05, 3.63) is 22.7 Å². The van der Waals surface area contributed by atoms with E-state index in [9.17, 15) is 23.1 Å². The third-order valence-electron chi connectivity index (χ3n) is 2.85. The lowest BCUT2D eigenvalue weighted by molar-refractivity contribution is -0.274. The van der Waals surface area contributed by atoms with E-state index in [4.69, 9.17) is 0 Å². The molecular formula is C12H12BrF3N2O3. The number of nitrogens with one attached hydrogen (secondary N) is 2. The van der Waals surface area contributed by atoms with Gasteiger partial charge in [0.15, 0.2) is 5.75 Å². The second-order valence-electron chi connectivity index (χ2n) is 4.53. The number of alkyl halides is 3. The molecule has 1 aliphatic heterocycles. The molecule has 0 bridgehead atoms. The van der Waals surface area contributed by atoms with Gasteiger partial charge in [-0.25, -0.2) is 0 Å². The number of rotatable bonds is 3. The zero-order chi connectivity index (χ0) is 15.6. The van der Waals surface area contributed by atoms with Gasteiger partial charge in [-0.3, -0.25) is 4.79 Å². The van der Waals surface area contributed by atoms with Gasteiger partial charge in [0.2, 0.25) is 5.91 Å². The molecule has 0 saturated carbocycles. The van der Waals surface area contributed by atoms with Crippen molar-refractivity contribution in [1.82, 2.24) is 5.32 Å². The smallest absolute Gasteiger partial charge is 0.404 e. The lowest BCUT2D eigenvalue weighted by atomic mass is 10.2. The highest BCUT2D eigenvalue weighted by molar-refractivity contribution is 9.10. The molecule has 1 fully saturated rings. The molecule has 1 aromatic rings. The maximum Gasteiger partial charge on any atom is 0.573 e. The molecule has 21 heavy (non-hydrogen) atoms. The van der Waals surface area contributed by atoms with Crippen LogP contribution >= 0.6 is 15.9 Å². The van der Waals surface area contributed by atoms with E-state index in [-0.39, 0.29) is 18.7 Å². The summed E-state index contributed by atoms with van der Waals surface area (Å²) in [4.78, 5) is 11.9. The van der Waals surface area contributed by atoms with Crippen molar-refractivity contribution in [2.75, 3.05) is 11.9 Å². The van der Waals surface area contributed by atoms with Gasteiger partial charge in [0.25, 0.3) is 0 Å². The molecule has 0 aromatic heterocycles. The monoisotopic (exact) mass is 368 g/mol. The predicted molar refractivity (Wildman–Crippen MR) is 71.9 cm³/mol. The highest BCUT2D eigenvalue weighted by atomic mass is 79.9. The van der Waals surface area contributed by atoms with E-state index >= 15 is 0 Å². The van der Waals surface area contributed by atoms with Crippen LogP contribution in [0, 0.1) is 0 Å². The fourth-order valence-electron chi connectivity index (χ4n) is 1.95. The molecule has 1 aromatic carbocycles. The van der Waals surface area contributed by atoms with Gasteiger partial charge in [0.05, 0.1) is 17.8 Å². The molecule has 1 aliphatic rings. The van der Waals surface area contributed by atoms with Crippen LogP contribution in [0.25, 0.3) is 0 Å². The quantitative estimate of drug-likeness (QED) is 0.763. The number of aliphatic hydroxyl groups is 1. The Labute approximate surface area is 126 Å². The van der Waals surface area contributed by atoms with Crippen molar-refractivity contribution < 1.29 is 27.8 Å². The Bertz CT molecular complexity index is 539. The molecule has 3 N–H and O–H groups in total. The Kier molecular flexibility index (Phi) is 4.74. The van der Waals surface area contributed by atoms with Crippen LogP contribution in [0.15, 0.2) is 22.7 Å². The van der Waals surface area contributed by atoms with Crippen LogP contribution in [0.4, 0.5) is 18.9 Å². The fraction of sp³-hybridized carbons (Fsp3) is 0.417. The van der Waals surface area contributed by atoms with E-state index in [0.29, 0.717) is 4.47 Å². The summed E-state index contributed by atoms with van der Waals surface area (Å²) in [5.41, 5.74) is -0.0938. The van der Waals surface area contributed by atoms with Crippen molar-refractivity contribution in [3.8, 4) is 5.75 Å². The van der Waals surface area contributed by atoms with E-state index in [1.165, 1.54) is 12.1 Å². The van der Waals surface area contributed by atoms with Crippen LogP contribution in [0.2, 0.25) is 0 Å². The first-order valence-corrected chi connectivity index (χ1v) is 6.81. The average molecular weight is 369 g/mol. The minimum absolute atomic E-state index is 0.0938. The van der Waals surface area contributed by atoms with Gasteiger partial charge in [0.1, 0.15) is 0 Å². The number of carbonyl (C=O) groups is 1. The maximum atomic E-state index is 12.3. The van der Waals surface area contributed by atoms with Gasteiger partial charge in [0, 0.05) is 11.0 Å². The Hall–Kier alpha value is -1.32. The molecule has 2 atom stereocenters. The van der Waals surface area contributed by atoms with Crippen LogP contribution < -0.4 is 15.4 Å². The molecule has 0 aliphatic carbocycles. The molecule has 1 amide bonds. The van der Waals surface area contributed by atoms with Crippen LogP contribution in [0.3, 0.4) is 0 Å². The summed E-state index contributed by atoms with van der Waals surface area (Å²) >= 11 is 3.04. The molecular weight excluding hydrogens is 357 g/mol. The predicted octanol–water partition coefficient (Wildman–Crippen LogP) is 2.01. The summed E-state index contributed by atoms with van der Waals surface area (Å²) in [6.07, 6.45) is -5.29. The van der Waals surface area contributed by atoms with Crippen molar-refractivity contribution >= 4 is 27.5 Å². The van der Waals surface area contributed by atoms with E-state index in [0.717, 1.165) is 6.07 Å². The van der Waals surface area contributed by atoms with Gasteiger partial charge in [-0.1, -0.05) is 15.9 Å². The molecule has 0 radical (unpaired) electrons. The molecule has 1 heterocycles. The minimum atomic E-state index is -4.86. The minimum Gasteiger partial charge on any atom is -0.404 e. The van der Waals surface area contributed by atoms with E-state index < -0.39 is 30.2 Å². The average Bonchev–Trinajstić information content (AvgIpc) is 2.77. The van der Waals surface area contributed by atoms with Crippen LogP contribution in [0.1, 0.15) is 6.42 Å². The molecule has 5 nitrogen and oxygen atoms in total. The first-order valence-electron chi connectivity index (χ1n) is 6.02. The van der Waals surface area contributed by atoms with E-state index in [2.05, 4.69) is 31.3 Å². The Morgan fingerprint density at radius 3 is 2.76 bits per heavy atom. The van der Waals surface area contributed by atoms with Gasteiger partial charge in [-0.05, 0) is 24.6 Å². The normalized spacial score (nSPS) is 22.1. The lowest BCUT2D eigenvalue weighted by Gasteiger charge is -2.16. The van der Waals surface area contributed by atoms with Gasteiger partial charge >= 0.3 is 6.36 Å². The number of halogens is 4. The maximum absolute atomic E-state index is 12.3. The van der Waals surface area contributed by atoms with Gasteiger partial charge < -0.3 is 20.5 Å². The first kappa shape index (κ1) is 16.1. The second kappa shape index (κ2) is 6.20. The van der Waals surface area contributed by atoms with Crippen molar-refractivity contribution in [3.63, 3.8) is 0 Å². The number of hydrogen-bond acceptors (Lipinski definition) is 4. The second-order valence-corrected chi connectivity index (χ2v) is 5.44.